The monoisotopic (exact) mass is 85.0 g/mol. The minimum atomic E-state index is 0.921. The van der Waals surface area contributed by atoms with Gasteiger partial charge in [-0.25, -0.2) is 4.40 Å². The summed E-state index contributed by atoms with van der Waals surface area (Å²) in [5.41, 5.74) is 0. The first-order valence-corrected chi connectivity index (χ1v) is 2.24. The van der Waals surface area contributed by atoms with Crippen LogP contribution in [0.4, 0.5) is 0 Å². The van der Waals surface area contributed by atoms with Crippen LogP contribution in [-0.4, -0.2) is 6.21 Å². The normalized spacial score (nSPS) is 20.8. The number of hydrogen-bond donors (Lipinski definition) is 0. The van der Waals surface area contributed by atoms with E-state index in [4.69, 9.17) is 0 Å². The fraction of sp³-hybridized carbons (Fsp3) is 0.333. The Labute approximate surface area is 35.6 Å². The second-order valence-electron chi connectivity index (χ2n) is 0.726. The molecule has 2 heteroatoms. The van der Waals surface area contributed by atoms with Crippen molar-refractivity contribution in [2.45, 2.75) is 6.42 Å². The molecular weight excluding hydrogens is 82.1 g/mol. The summed E-state index contributed by atoms with van der Waals surface area (Å²) >= 11 is 1.46. The van der Waals surface area contributed by atoms with Crippen LogP contribution in [-0.2, 0) is 0 Å². The second kappa shape index (κ2) is 1.45. The third-order valence-electron chi connectivity index (χ3n) is 0.366. The molecule has 0 spiro atoms. The van der Waals surface area contributed by atoms with E-state index in [-0.39, 0.29) is 0 Å². The smallest absolute Gasteiger partial charge is 0.0720 e. The van der Waals surface area contributed by atoms with Crippen LogP contribution >= 0.6 is 11.9 Å². The highest BCUT2D eigenvalue weighted by Gasteiger charge is 1.89. The third kappa shape index (κ3) is 0.651. The highest BCUT2D eigenvalue weighted by molar-refractivity contribution is 8.00. The molecule has 1 aliphatic rings. The standard InChI is InChI=1S/C3H3NS/c1-2-4-5-3-1/h3H,1H2. The highest BCUT2D eigenvalue weighted by Crippen LogP contribution is 2.13. The van der Waals surface area contributed by atoms with Crippen LogP contribution in [0.15, 0.2) is 4.40 Å². The maximum Gasteiger partial charge on any atom is 0.0720 e. The molecule has 0 fully saturated rings. The van der Waals surface area contributed by atoms with Gasteiger partial charge in [0.05, 0.1) is 6.21 Å². The van der Waals surface area contributed by atoms with Crippen molar-refractivity contribution in [2.24, 2.45) is 4.40 Å². The largest absolute Gasteiger partial charge is 0.219 e. The Morgan fingerprint density at radius 2 is 3.00 bits per heavy atom. The lowest BCUT2D eigenvalue weighted by atomic mass is 10.6. The third-order valence-corrected chi connectivity index (χ3v) is 0.917. The van der Waals surface area contributed by atoms with Crippen LogP contribution in [0, 0.1) is 5.75 Å². The predicted molar refractivity (Wildman–Crippen MR) is 23.9 cm³/mol. The van der Waals surface area contributed by atoms with E-state index in [0.29, 0.717) is 0 Å². The van der Waals surface area contributed by atoms with Gasteiger partial charge in [0.25, 0.3) is 0 Å². The van der Waals surface area contributed by atoms with Gasteiger partial charge in [-0.05, 0) is 11.9 Å². The average Bonchev–Trinajstić information content (AvgIpc) is 1.76. The molecule has 0 amide bonds. The van der Waals surface area contributed by atoms with Crippen LogP contribution < -0.4 is 0 Å². The van der Waals surface area contributed by atoms with Crippen LogP contribution in [0.25, 0.3) is 0 Å². The topological polar surface area (TPSA) is 12.4 Å². The van der Waals surface area contributed by atoms with Crippen LogP contribution in [0.3, 0.4) is 0 Å². The molecule has 0 aromatic heterocycles. The van der Waals surface area contributed by atoms with Gasteiger partial charge < -0.3 is 0 Å². The van der Waals surface area contributed by atoms with Crippen LogP contribution in [0.2, 0.25) is 0 Å². The fourth-order valence-corrected chi connectivity index (χ4v) is 0.559. The molecule has 1 heterocycles. The molecule has 0 bridgehead atoms. The van der Waals surface area contributed by atoms with Gasteiger partial charge in [-0.15, -0.1) is 0 Å². The predicted octanol–water partition coefficient (Wildman–Crippen LogP) is 1.15. The van der Waals surface area contributed by atoms with Crippen molar-refractivity contribution in [1.82, 2.24) is 0 Å². The van der Waals surface area contributed by atoms with Gasteiger partial charge in [0.15, 0.2) is 0 Å². The molecule has 1 rings (SSSR count). The Morgan fingerprint density at radius 1 is 2.00 bits per heavy atom. The van der Waals surface area contributed by atoms with E-state index < -0.39 is 0 Å². The molecule has 2 radical (unpaired) electrons. The molecule has 0 unspecified atom stereocenters. The van der Waals surface area contributed by atoms with Crippen molar-refractivity contribution >= 4 is 18.2 Å². The molecule has 5 heavy (non-hydrogen) atoms. The van der Waals surface area contributed by atoms with E-state index in [1.807, 2.05) is 5.75 Å². The van der Waals surface area contributed by atoms with Crippen molar-refractivity contribution in [3.05, 3.63) is 5.75 Å². The molecule has 0 aliphatic carbocycles. The van der Waals surface area contributed by atoms with Gasteiger partial charge >= 0.3 is 0 Å². The minimum absolute atomic E-state index is 0.921. The zero-order valence-electron chi connectivity index (χ0n) is 2.64. The maximum absolute atomic E-state index is 3.69. The van der Waals surface area contributed by atoms with Crippen LogP contribution in [0.5, 0.6) is 0 Å². The first-order valence-electron chi connectivity index (χ1n) is 1.40. The highest BCUT2D eigenvalue weighted by atomic mass is 32.2. The number of hydrogen-bond acceptors (Lipinski definition) is 2. The van der Waals surface area contributed by atoms with Crippen molar-refractivity contribution in [2.75, 3.05) is 0 Å². The molecule has 0 saturated heterocycles. The van der Waals surface area contributed by atoms with E-state index in [9.17, 15) is 0 Å². The molecule has 26 valence electrons. The Bertz CT molecular complexity index is 44.9. The lowest BCUT2D eigenvalue weighted by Crippen LogP contribution is -1.54. The minimum Gasteiger partial charge on any atom is -0.219 e. The van der Waals surface area contributed by atoms with E-state index in [1.54, 1.807) is 0 Å². The summed E-state index contributed by atoms with van der Waals surface area (Å²) in [6, 6.07) is 0. The Kier molecular flexibility index (Phi) is 0.937. The molecule has 1 nitrogen and oxygen atoms in total. The number of nitrogens with zero attached hydrogens (tertiary/aromatic N) is 1. The van der Waals surface area contributed by atoms with Gasteiger partial charge in [0.2, 0.25) is 0 Å². The van der Waals surface area contributed by atoms with Crippen molar-refractivity contribution in [3.8, 4) is 0 Å². The number of rotatable bonds is 0. The van der Waals surface area contributed by atoms with Gasteiger partial charge in [-0.1, -0.05) is 0 Å². The lowest BCUT2D eigenvalue weighted by Gasteiger charge is -1.65. The summed E-state index contributed by atoms with van der Waals surface area (Å²) in [5, 5.41) is 0. The van der Waals surface area contributed by atoms with Crippen molar-refractivity contribution in [1.29, 1.82) is 0 Å². The first-order chi connectivity index (χ1) is 2.50. The summed E-state index contributed by atoms with van der Waals surface area (Å²) < 4.78 is 3.69. The zero-order valence-corrected chi connectivity index (χ0v) is 3.46. The molecule has 0 N–H and O–H groups in total. The van der Waals surface area contributed by atoms with Gasteiger partial charge in [0, 0.05) is 12.2 Å². The molecule has 0 aromatic rings. The summed E-state index contributed by atoms with van der Waals surface area (Å²) in [7, 11) is 0. The summed E-state index contributed by atoms with van der Waals surface area (Å²) in [6.07, 6.45) is 3.68. The molecule has 0 aromatic carbocycles. The van der Waals surface area contributed by atoms with E-state index in [1.165, 1.54) is 11.9 Å². The van der Waals surface area contributed by atoms with Gasteiger partial charge in [0.1, 0.15) is 0 Å². The summed E-state index contributed by atoms with van der Waals surface area (Å²) in [5.74, 6) is 2.00. The maximum atomic E-state index is 3.69. The average molecular weight is 85.1 g/mol. The molecule has 0 saturated carbocycles. The Hall–Kier alpha value is 0.0200. The molecular formula is C3H3NS. The quantitative estimate of drug-likeness (QED) is 0.402. The molecule has 0 atom stereocenters. The summed E-state index contributed by atoms with van der Waals surface area (Å²) in [6.45, 7) is 0. The van der Waals surface area contributed by atoms with Crippen molar-refractivity contribution in [3.63, 3.8) is 0 Å². The Balaban J connectivity index is 2.32. The molecule has 1 aliphatic heterocycles. The first kappa shape index (κ1) is 3.22. The van der Waals surface area contributed by atoms with Gasteiger partial charge in [-0.3, -0.25) is 0 Å². The van der Waals surface area contributed by atoms with E-state index in [0.717, 1.165) is 6.42 Å². The fourth-order valence-electron chi connectivity index (χ4n) is 0.186. The van der Waals surface area contributed by atoms with Crippen molar-refractivity contribution < 1.29 is 0 Å². The summed E-state index contributed by atoms with van der Waals surface area (Å²) in [4.78, 5) is 0. The van der Waals surface area contributed by atoms with E-state index in [2.05, 4.69) is 10.6 Å². The van der Waals surface area contributed by atoms with Crippen LogP contribution in [0.1, 0.15) is 6.42 Å². The van der Waals surface area contributed by atoms with E-state index >= 15 is 0 Å². The van der Waals surface area contributed by atoms with Gasteiger partial charge in [-0.2, -0.15) is 0 Å². The Morgan fingerprint density at radius 3 is 3.20 bits per heavy atom. The second-order valence-corrected chi connectivity index (χ2v) is 1.45. The zero-order chi connectivity index (χ0) is 3.54. The SMILES string of the molecule is [C]1=NS[CH]C1. The lowest BCUT2D eigenvalue weighted by molar-refractivity contribution is 1.55.